The van der Waals surface area contributed by atoms with Crippen molar-refractivity contribution in [2.24, 2.45) is 0 Å². The van der Waals surface area contributed by atoms with Gasteiger partial charge in [0.05, 0.1) is 0 Å². The molecule has 0 N–H and O–H groups in total. The highest BCUT2D eigenvalue weighted by molar-refractivity contribution is 14.0. The van der Waals surface area contributed by atoms with Crippen LogP contribution in [0.1, 0.15) is 76.7 Å². The van der Waals surface area contributed by atoms with Crippen LogP contribution in [0, 0.1) is 0 Å². The van der Waals surface area contributed by atoms with E-state index < -0.39 is 0 Å². The van der Waals surface area contributed by atoms with Gasteiger partial charge in [0.1, 0.15) is 0 Å². The largest absolute Gasteiger partial charge is 0.302 e. The third-order valence-corrected chi connectivity index (χ3v) is 4.19. The van der Waals surface area contributed by atoms with Gasteiger partial charge in [0.25, 0.3) is 0 Å². The summed E-state index contributed by atoms with van der Waals surface area (Å²) >= 11 is 0. The molecule has 0 saturated heterocycles. The molecule has 0 saturated carbocycles. The minimum Gasteiger partial charge on any atom is -0.302 e. The maximum absolute atomic E-state index is 2.44. The Morgan fingerprint density at radius 3 is 1.77 bits per heavy atom. The molecule has 128 valence electrons. The van der Waals surface area contributed by atoms with Crippen LogP contribution in [0.4, 0.5) is 0 Å². The zero-order valence-corrected chi connectivity index (χ0v) is 17.1. The SMILES string of the molecule is CCCCCCCCCCCCN(C)Cc1ccccc1.I. The second kappa shape index (κ2) is 15.8. The van der Waals surface area contributed by atoms with Gasteiger partial charge in [-0.15, -0.1) is 24.0 Å². The lowest BCUT2D eigenvalue weighted by Gasteiger charge is -2.16. The van der Waals surface area contributed by atoms with Crippen molar-refractivity contribution in [1.29, 1.82) is 0 Å². The molecule has 1 nitrogen and oxygen atoms in total. The van der Waals surface area contributed by atoms with E-state index in [9.17, 15) is 0 Å². The topological polar surface area (TPSA) is 3.24 Å². The van der Waals surface area contributed by atoms with Gasteiger partial charge in [0.15, 0.2) is 0 Å². The quantitative estimate of drug-likeness (QED) is 0.256. The number of rotatable bonds is 13. The smallest absolute Gasteiger partial charge is 0.0230 e. The molecule has 1 aromatic carbocycles. The van der Waals surface area contributed by atoms with E-state index in [4.69, 9.17) is 0 Å². The van der Waals surface area contributed by atoms with E-state index in [0.29, 0.717) is 0 Å². The van der Waals surface area contributed by atoms with Gasteiger partial charge in [-0.05, 0) is 25.6 Å². The Bertz CT molecular complexity index is 326. The number of unbranched alkanes of at least 4 members (excludes halogenated alkanes) is 9. The summed E-state index contributed by atoms with van der Waals surface area (Å²) in [7, 11) is 2.24. The number of halogens is 1. The summed E-state index contributed by atoms with van der Waals surface area (Å²) in [6.45, 7) is 4.60. The normalized spacial score (nSPS) is 10.7. The zero-order valence-electron chi connectivity index (χ0n) is 14.7. The van der Waals surface area contributed by atoms with Crippen LogP contribution in [-0.4, -0.2) is 18.5 Å². The fourth-order valence-electron chi connectivity index (χ4n) is 2.84. The Morgan fingerprint density at radius 2 is 1.23 bits per heavy atom. The van der Waals surface area contributed by atoms with Crippen LogP contribution in [0.2, 0.25) is 0 Å². The highest BCUT2D eigenvalue weighted by Crippen LogP contribution is 2.11. The van der Waals surface area contributed by atoms with E-state index in [2.05, 4.69) is 49.2 Å². The Hall–Kier alpha value is -0.0900. The number of nitrogens with zero attached hydrogens (tertiary/aromatic N) is 1. The van der Waals surface area contributed by atoms with Crippen LogP contribution in [0.25, 0.3) is 0 Å². The first-order valence-corrected chi connectivity index (χ1v) is 9.05. The third-order valence-electron chi connectivity index (χ3n) is 4.19. The van der Waals surface area contributed by atoms with Crippen molar-refractivity contribution in [3.63, 3.8) is 0 Å². The molecule has 0 fully saturated rings. The number of hydrogen-bond acceptors (Lipinski definition) is 1. The van der Waals surface area contributed by atoms with Crippen molar-refractivity contribution in [1.82, 2.24) is 4.90 Å². The molecule has 1 rings (SSSR count). The van der Waals surface area contributed by atoms with E-state index >= 15 is 0 Å². The van der Waals surface area contributed by atoms with Gasteiger partial charge < -0.3 is 4.90 Å². The van der Waals surface area contributed by atoms with Gasteiger partial charge in [-0.3, -0.25) is 0 Å². The summed E-state index contributed by atoms with van der Waals surface area (Å²) in [6, 6.07) is 10.8. The lowest BCUT2D eigenvalue weighted by atomic mass is 10.1. The molecule has 0 unspecified atom stereocenters. The summed E-state index contributed by atoms with van der Waals surface area (Å²) in [6.07, 6.45) is 14.2. The molecule has 0 heterocycles. The van der Waals surface area contributed by atoms with E-state index in [1.54, 1.807) is 0 Å². The Morgan fingerprint density at radius 1 is 0.727 bits per heavy atom. The molecular formula is C20H36IN. The molecular weight excluding hydrogens is 381 g/mol. The van der Waals surface area contributed by atoms with E-state index in [-0.39, 0.29) is 24.0 Å². The predicted octanol–water partition coefficient (Wildman–Crippen LogP) is 6.66. The summed E-state index contributed by atoms with van der Waals surface area (Å²) in [5, 5.41) is 0. The summed E-state index contributed by atoms with van der Waals surface area (Å²) in [4.78, 5) is 2.44. The molecule has 0 aliphatic rings. The molecule has 0 aliphatic carbocycles. The van der Waals surface area contributed by atoms with Gasteiger partial charge in [0, 0.05) is 6.54 Å². The first-order chi connectivity index (χ1) is 10.3. The summed E-state index contributed by atoms with van der Waals surface area (Å²) in [5.41, 5.74) is 1.42. The minimum absolute atomic E-state index is 0. The molecule has 0 spiro atoms. The maximum atomic E-state index is 2.44. The first-order valence-electron chi connectivity index (χ1n) is 9.05. The van der Waals surface area contributed by atoms with Crippen LogP contribution in [0.3, 0.4) is 0 Å². The van der Waals surface area contributed by atoms with E-state index in [1.165, 1.54) is 76.3 Å². The lowest BCUT2D eigenvalue weighted by Crippen LogP contribution is -2.18. The standard InChI is InChI=1S/C20H35N.HI/c1-3-4-5-6-7-8-9-10-11-15-18-21(2)19-20-16-13-12-14-17-20;/h12-14,16-17H,3-11,15,18-19H2,1-2H3;1H. The van der Waals surface area contributed by atoms with Crippen LogP contribution in [-0.2, 0) is 6.54 Å². The van der Waals surface area contributed by atoms with E-state index in [1.807, 2.05) is 0 Å². The van der Waals surface area contributed by atoms with Crippen molar-refractivity contribution in [2.45, 2.75) is 77.7 Å². The molecule has 0 amide bonds. The van der Waals surface area contributed by atoms with Crippen molar-refractivity contribution in [3.05, 3.63) is 35.9 Å². The molecule has 0 aromatic heterocycles. The molecule has 22 heavy (non-hydrogen) atoms. The van der Waals surface area contributed by atoms with Crippen LogP contribution in [0.15, 0.2) is 30.3 Å². The minimum atomic E-state index is 0. The molecule has 0 aliphatic heterocycles. The molecule has 0 bridgehead atoms. The summed E-state index contributed by atoms with van der Waals surface area (Å²) in [5.74, 6) is 0. The van der Waals surface area contributed by atoms with Crippen molar-refractivity contribution >= 4 is 24.0 Å². The Labute approximate surface area is 155 Å². The van der Waals surface area contributed by atoms with Gasteiger partial charge in [0.2, 0.25) is 0 Å². The van der Waals surface area contributed by atoms with Crippen LogP contribution >= 0.6 is 24.0 Å². The fraction of sp³-hybridized carbons (Fsp3) is 0.700. The number of benzene rings is 1. The van der Waals surface area contributed by atoms with Crippen LogP contribution in [0.5, 0.6) is 0 Å². The monoisotopic (exact) mass is 417 g/mol. The number of hydrogen-bond donors (Lipinski definition) is 0. The molecule has 0 radical (unpaired) electrons. The van der Waals surface area contributed by atoms with Gasteiger partial charge in [-0.1, -0.05) is 95.0 Å². The summed E-state index contributed by atoms with van der Waals surface area (Å²) < 4.78 is 0. The van der Waals surface area contributed by atoms with Crippen molar-refractivity contribution in [3.8, 4) is 0 Å². The molecule has 1 aromatic rings. The molecule has 2 heteroatoms. The molecule has 0 atom stereocenters. The van der Waals surface area contributed by atoms with Crippen molar-refractivity contribution < 1.29 is 0 Å². The maximum Gasteiger partial charge on any atom is 0.0230 e. The van der Waals surface area contributed by atoms with Gasteiger partial charge >= 0.3 is 0 Å². The third kappa shape index (κ3) is 12.5. The highest BCUT2D eigenvalue weighted by Gasteiger charge is 1.99. The zero-order chi connectivity index (χ0) is 15.2. The van der Waals surface area contributed by atoms with Crippen molar-refractivity contribution in [2.75, 3.05) is 13.6 Å². The Balaban J connectivity index is 0.00000441. The van der Waals surface area contributed by atoms with E-state index in [0.717, 1.165) is 6.54 Å². The predicted molar refractivity (Wildman–Crippen MR) is 110 cm³/mol. The Kier molecular flexibility index (Phi) is 15.7. The highest BCUT2D eigenvalue weighted by atomic mass is 127. The van der Waals surface area contributed by atoms with Crippen LogP contribution < -0.4 is 0 Å². The fourth-order valence-corrected chi connectivity index (χ4v) is 2.84. The van der Waals surface area contributed by atoms with Gasteiger partial charge in [-0.2, -0.15) is 0 Å². The first kappa shape index (κ1) is 21.9. The second-order valence-corrected chi connectivity index (χ2v) is 6.41. The second-order valence-electron chi connectivity index (χ2n) is 6.41. The van der Waals surface area contributed by atoms with Gasteiger partial charge in [-0.25, -0.2) is 0 Å². The lowest BCUT2D eigenvalue weighted by molar-refractivity contribution is 0.316. The average Bonchev–Trinajstić information content (AvgIpc) is 2.50. The average molecular weight is 417 g/mol.